The van der Waals surface area contributed by atoms with Crippen molar-refractivity contribution in [2.75, 3.05) is 13.7 Å². The standard InChI is InChI=1S/C14H21FN2O/c1-10(8-17-12-4-5-12)16-9-11-3-6-13(15)14(7-11)18-2/h3,6-7,10,12,16-17H,4-5,8-9H2,1-2H3. The quantitative estimate of drug-likeness (QED) is 0.779. The van der Waals surface area contributed by atoms with Gasteiger partial charge in [0.1, 0.15) is 0 Å². The van der Waals surface area contributed by atoms with E-state index in [2.05, 4.69) is 17.6 Å². The molecule has 1 saturated carbocycles. The zero-order valence-corrected chi connectivity index (χ0v) is 11.0. The molecule has 100 valence electrons. The van der Waals surface area contributed by atoms with Gasteiger partial charge in [0, 0.05) is 25.2 Å². The number of hydrogen-bond donors (Lipinski definition) is 2. The highest BCUT2D eigenvalue weighted by Crippen LogP contribution is 2.19. The topological polar surface area (TPSA) is 33.3 Å². The predicted octanol–water partition coefficient (Wildman–Crippen LogP) is 2.06. The van der Waals surface area contributed by atoms with Gasteiger partial charge in [0.15, 0.2) is 11.6 Å². The first kappa shape index (κ1) is 13.3. The maximum absolute atomic E-state index is 13.2. The highest BCUT2D eigenvalue weighted by atomic mass is 19.1. The predicted molar refractivity (Wildman–Crippen MR) is 70.3 cm³/mol. The van der Waals surface area contributed by atoms with Crippen LogP contribution in [0.3, 0.4) is 0 Å². The fourth-order valence-corrected chi connectivity index (χ4v) is 1.81. The first-order valence-electron chi connectivity index (χ1n) is 6.48. The third kappa shape index (κ3) is 3.96. The molecule has 2 N–H and O–H groups in total. The molecule has 0 spiro atoms. The SMILES string of the molecule is COc1cc(CNC(C)CNC2CC2)ccc1F. The number of benzene rings is 1. The molecule has 1 unspecified atom stereocenters. The Morgan fingerprint density at radius 3 is 2.89 bits per heavy atom. The lowest BCUT2D eigenvalue weighted by Gasteiger charge is -2.15. The Morgan fingerprint density at radius 1 is 1.44 bits per heavy atom. The van der Waals surface area contributed by atoms with Crippen molar-refractivity contribution in [1.82, 2.24) is 10.6 Å². The number of halogens is 1. The number of nitrogens with one attached hydrogen (secondary N) is 2. The molecular formula is C14H21FN2O. The minimum absolute atomic E-state index is 0.304. The summed E-state index contributed by atoms with van der Waals surface area (Å²) in [6, 6.07) is 6.11. The maximum Gasteiger partial charge on any atom is 0.165 e. The summed E-state index contributed by atoms with van der Waals surface area (Å²) in [7, 11) is 1.48. The molecule has 0 aromatic heterocycles. The number of rotatable bonds is 7. The molecular weight excluding hydrogens is 231 g/mol. The summed E-state index contributed by atoms with van der Waals surface area (Å²) in [4.78, 5) is 0. The second-order valence-corrected chi connectivity index (χ2v) is 4.93. The number of ether oxygens (including phenoxy) is 1. The van der Waals surface area contributed by atoms with Crippen molar-refractivity contribution in [2.24, 2.45) is 0 Å². The molecule has 1 aromatic carbocycles. The van der Waals surface area contributed by atoms with Gasteiger partial charge in [0.25, 0.3) is 0 Å². The van der Waals surface area contributed by atoms with Crippen LogP contribution in [0.1, 0.15) is 25.3 Å². The molecule has 1 aliphatic rings. The van der Waals surface area contributed by atoms with Gasteiger partial charge in [-0.2, -0.15) is 0 Å². The average molecular weight is 252 g/mol. The van der Waals surface area contributed by atoms with Gasteiger partial charge in [-0.3, -0.25) is 0 Å². The second kappa shape index (κ2) is 6.16. The highest BCUT2D eigenvalue weighted by Gasteiger charge is 2.20. The van der Waals surface area contributed by atoms with Gasteiger partial charge < -0.3 is 15.4 Å². The summed E-state index contributed by atoms with van der Waals surface area (Å²) < 4.78 is 18.2. The van der Waals surface area contributed by atoms with Gasteiger partial charge in [-0.1, -0.05) is 6.07 Å². The average Bonchev–Trinajstić information content (AvgIpc) is 3.19. The van der Waals surface area contributed by atoms with Crippen LogP contribution < -0.4 is 15.4 Å². The third-order valence-electron chi connectivity index (χ3n) is 3.16. The Kier molecular flexibility index (Phi) is 4.55. The van der Waals surface area contributed by atoms with Crippen molar-refractivity contribution in [3.63, 3.8) is 0 Å². The monoisotopic (exact) mass is 252 g/mol. The van der Waals surface area contributed by atoms with E-state index in [-0.39, 0.29) is 5.82 Å². The molecule has 0 heterocycles. The molecule has 1 aromatic rings. The molecule has 0 amide bonds. The van der Waals surface area contributed by atoms with E-state index in [9.17, 15) is 4.39 Å². The summed E-state index contributed by atoms with van der Waals surface area (Å²) in [5.41, 5.74) is 1.03. The zero-order valence-electron chi connectivity index (χ0n) is 11.0. The van der Waals surface area contributed by atoms with Crippen molar-refractivity contribution < 1.29 is 9.13 Å². The van der Waals surface area contributed by atoms with E-state index in [1.807, 2.05) is 0 Å². The van der Waals surface area contributed by atoms with Gasteiger partial charge in [-0.05, 0) is 37.5 Å². The summed E-state index contributed by atoms with van der Waals surface area (Å²) >= 11 is 0. The van der Waals surface area contributed by atoms with E-state index >= 15 is 0 Å². The largest absolute Gasteiger partial charge is 0.494 e. The molecule has 1 atom stereocenters. The fourth-order valence-electron chi connectivity index (χ4n) is 1.81. The maximum atomic E-state index is 13.2. The van der Waals surface area contributed by atoms with Crippen molar-refractivity contribution in [3.05, 3.63) is 29.6 Å². The van der Waals surface area contributed by atoms with Crippen molar-refractivity contribution in [2.45, 2.75) is 38.4 Å². The van der Waals surface area contributed by atoms with Crippen LogP contribution in [0.15, 0.2) is 18.2 Å². The van der Waals surface area contributed by atoms with Crippen molar-refractivity contribution in [3.8, 4) is 5.75 Å². The van der Waals surface area contributed by atoms with E-state index in [1.54, 1.807) is 12.1 Å². The van der Waals surface area contributed by atoms with E-state index < -0.39 is 0 Å². The smallest absolute Gasteiger partial charge is 0.165 e. The summed E-state index contributed by atoms with van der Waals surface area (Å²) in [5.74, 6) is -0.0113. The van der Waals surface area contributed by atoms with Gasteiger partial charge in [0.2, 0.25) is 0 Å². The molecule has 18 heavy (non-hydrogen) atoms. The molecule has 0 radical (unpaired) electrons. The lowest BCUT2D eigenvalue weighted by molar-refractivity contribution is 0.385. The van der Waals surface area contributed by atoms with Crippen molar-refractivity contribution >= 4 is 0 Å². The van der Waals surface area contributed by atoms with Gasteiger partial charge in [-0.25, -0.2) is 4.39 Å². The molecule has 3 nitrogen and oxygen atoms in total. The summed E-state index contributed by atoms with van der Waals surface area (Å²) in [6.45, 7) is 3.85. The normalized spacial score (nSPS) is 16.6. The summed E-state index contributed by atoms with van der Waals surface area (Å²) in [5, 5.41) is 6.89. The summed E-state index contributed by atoms with van der Waals surface area (Å²) in [6.07, 6.45) is 2.61. The Bertz CT molecular complexity index is 393. The van der Waals surface area contributed by atoms with Gasteiger partial charge in [-0.15, -0.1) is 0 Å². The zero-order chi connectivity index (χ0) is 13.0. The lowest BCUT2D eigenvalue weighted by atomic mass is 10.2. The molecule has 1 aliphatic carbocycles. The van der Waals surface area contributed by atoms with E-state index in [1.165, 1.54) is 26.0 Å². The molecule has 0 aliphatic heterocycles. The second-order valence-electron chi connectivity index (χ2n) is 4.93. The van der Waals surface area contributed by atoms with Crippen LogP contribution in [-0.4, -0.2) is 25.7 Å². The lowest BCUT2D eigenvalue weighted by Crippen LogP contribution is -2.36. The number of hydrogen-bond acceptors (Lipinski definition) is 3. The number of methoxy groups -OCH3 is 1. The molecule has 0 bridgehead atoms. The highest BCUT2D eigenvalue weighted by molar-refractivity contribution is 5.30. The molecule has 0 saturated heterocycles. The van der Waals surface area contributed by atoms with Crippen LogP contribution in [0.4, 0.5) is 4.39 Å². The van der Waals surface area contributed by atoms with Crippen LogP contribution in [0.5, 0.6) is 5.75 Å². The minimum atomic E-state index is -0.315. The fraction of sp³-hybridized carbons (Fsp3) is 0.571. The van der Waals surface area contributed by atoms with Crippen LogP contribution in [-0.2, 0) is 6.54 Å². The first-order valence-corrected chi connectivity index (χ1v) is 6.48. The molecule has 4 heteroatoms. The van der Waals surface area contributed by atoms with E-state index in [0.29, 0.717) is 11.8 Å². The van der Waals surface area contributed by atoms with Crippen LogP contribution in [0.2, 0.25) is 0 Å². The molecule has 1 fully saturated rings. The van der Waals surface area contributed by atoms with Crippen LogP contribution in [0.25, 0.3) is 0 Å². The van der Waals surface area contributed by atoms with Crippen LogP contribution in [0, 0.1) is 5.82 Å². The van der Waals surface area contributed by atoms with E-state index in [4.69, 9.17) is 4.74 Å². The minimum Gasteiger partial charge on any atom is -0.494 e. The Balaban J connectivity index is 1.77. The van der Waals surface area contributed by atoms with Crippen LogP contribution >= 0.6 is 0 Å². The van der Waals surface area contributed by atoms with Gasteiger partial charge in [0.05, 0.1) is 7.11 Å². The Labute approximate surface area is 108 Å². The van der Waals surface area contributed by atoms with E-state index in [0.717, 1.165) is 24.7 Å². The first-order chi connectivity index (χ1) is 8.69. The Hall–Kier alpha value is -1.13. The van der Waals surface area contributed by atoms with Gasteiger partial charge >= 0.3 is 0 Å². The molecule has 2 rings (SSSR count). The van der Waals surface area contributed by atoms with Crippen molar-refractivity contribution in [1.29, 1.82) is 0 Å². The Morgan fingerprint density at radius 2 is 2.22 bits per heavy atom. The third-order valence-corrected chi connectivity index (χ3v) is 3.16.